The van der Waals surface area contributed by atoms with E-state index < -0.39 is 0 Å². The van der Waals surface area contributed by atoms with Crippen molar-refractivity contribution in [1.29, 1.82) is 0 Å². The van der Waals surface area contributed by atoms with Gasteiger partial charge in [0.05, 0.1) is 25.5 Å². The molecule has 0 aliphatic carbocycles. The van der Waals surface area contributed by atoms with Gasteiger partial charge in [-0.1, -0.05) is 24.3 Å². The number of hydrogen-bond donors (Lipinski definition) is 2. The number of nitrogens with one attached hydrogen (secondary N) is 1. The summed E-state index contributed by atoms with van der Waals surface area (Å²) >= 11 is 0. The van der Waals surface area contributed by atoms with Crippen LogP contribution in [-0.2, 0) is 13.2 Å². The highest BCUT2D eigenvalue weighted by Gasteiger charge is 2.22. The molecule has 5 heteroatoms. The van der Waals surface area contributed by atoms with E-state index in [1.165, 1.54) is 11.1 Å². The average molecular weight is 299 g/mol. The first kappa shape index (κ1) is 14.7. The van der Waals surface area contributed by atoms with Crippen LogP contribution in [0.3, 0.4) is 0 Å². The molecule has 0 saturated carbocycles. The largest absolute Gasteiger partial charge is 0.469 e. The molecule has 0 bridgehead atoms. The highest BCUT2D eigenvalue weighted by atomic mass is 16.3. The van der Waals surface area contributed by atoms with Gasteiger partial charge in [-0.05, 0) is 24.1 Å². The standard InChI is InChI=1S/C17H21N3O2/c1-12-15(7-8-22-12)10-20(2)17-18-9-16(19-17)14-5-3-13(11-21)4-6-14/h3-8,16,21H,9-11H2,1-2H3,(H,18,19). The summed E-state index contributed by atoms with van der Waals surface area (Å²) < 4.78 is 5.33. The first-order valence-corrected chi connectivity index (χ1v) is 7.42. The van der Waals surface area contributed by atoms with E-state index >= 15 is 0 Å². The van der Waals surface area contributed by atoms with Crippen molar-refractivity contribution in [2.75, 3.05) is 13.6 Å². The van der Waals surface area contributed by atoms with Crippen molar-refractivity contribution in [3.8, 4) is 0 Å². The molecule has 1 aliphatic rings. The van der Waals surface area contributed by atoms with Crippen LogP contribution in [0, 0.1) is 6.92 Å². The summed E-state index contributed by atoms with van der Waals surface area (Å²) in [4.78, 5) is 6.69. The van der Waals surface area contributed by atoms with Crippen LogP contribution in [0.1, 0.15) is 28.5 Å². The maximum Gasteiger partial charge on any atom is 0.194 e. The fourth-order valence-electron chi connectivity index (χ4n) is 2.61. The second-order valence-corrected chi connectivity index (χ2v) is 5.62. The predicted molar refractivity (Wildman–Crippen MR) is 85.5 cm³/mol. The van der Waals surface area contributed by atoms with Crippen LogP contribution >= 0.6 is 0 Å². The number of aliphatic hydroxyl groups is 1. The fourth-order valence-corrected chi connectivity index (χ4v) is 2.61. The Bertz CT molecular complexity index is 661. The molecule has 0 fully saturated rings. The molecule has 0 spiro atoms. The van der Waals surface area contributed by atoms with E-state index in [0.717, 1.165) is 30.4 Å². The number of aryl methyl sites for hydroxylation is 1. The van der Waals surface area contributed by atoms with Crippen molar-refractivity contribution in [2.45, 2.75) is 26.1 Å². The molecule has 2 N–H and O–H groups in total. The number of furan rings is 1. The molecule has 1 unspecified atom stereocenters. The third kappa shape index (κ3) is 2.99. The van der Waals surface area contributed by atoms with Crippen LogP contribution in [0.2, 0.25) is 0 Å². The average Bonchev–Trinajstić information content (AvgIpc) is 3.17. The Hall–Kier alpha value is -2.27. The number of benzene rings is 1. The van der Waals surface area contributed by atoms with Gasteiger partial charge in [-0.15, -0.1) is 0 Å². The lowest BCUT2D eigenvalue weighted by atomic mass is 10.1. The molecule has 22 heavy (non-hydrogen) atoms. The molecule has 1 aromatic heterocycles. The van der Waals surface area contributed by atoms with Gasteiger partial charge in [-0.25, -0.2) is 0 Å². The second-order valence-electron chi connectivity index (χ2n) is 5.62. The van der Waals surface area contributed by atoms with E-state index in [-0.39, 0.29) is 12.6 Å². The van der Waals surface area contributed by atoms with E-state index in [1.807, 2.05) is 44.3 Å². The van der Waals surface area contributed by atoms with Crippen molar-refractivity contribution in [3.63, 3.8) is 0 Å². The molecule has 0 saturated heterocycles. The quantitative estimate of drug-likeness (QED) is 0.908. The Kier molecular flexibility index (Phi) is 4.15. The van der Waals surface area contributed by atoms with E-state index in [0.29, 0.717) is 0 Å². The minimum atomic E-state index is 0.0763. The summed E-state index contributed by atoms with van der Waals surface area (Å²) in [5.74, 6) is 1.85. The topological polar surface area (TPSA) is 61.0 Å². The first-order valence-electron chi connectivity index (χ1n) is 7.42. The molecule has 1 aromatic carbocycles. The first-order chi connectivity index (χ1) is 10.7. The molecule has 2 heterocycles. The molecule has 0 amide bonds. The fraction of sp³-hybridized carbons (Fsp3) is 0.353. The Morgan fingerprint density at radius 2 is 2.09 bits per heavy atom. The van der Waals surface area contributed by atoms with Crippen LogP contribution in [-0.4, -0.2) is 29.6 Å². The molecule has 0 radical (unpaired) electrons. The summed E-state index contributed by atoms with van der Waals surface area (Å²) in [5.41, 5.74) is 3.28. The van der Waals surface area contributed by atoms with Gasteiger partial charge in [0.2, 0.25) is 0 Å². The normalized spacial score (nSPS) is 17.2. The third-order valence-corrected chi connectivity index (χ3v) is 4.03. The molecule has 5 nitrogen and oxygen atoms in total. The van der Waals surface area contributed by atoms with Gasteiger partial charge in [-0.2, -0.15) is 0 Å². The van der Waals surface area contributed by atoms with E-state index in [9.17, 15) is 0 Å². The van der Waals surface area contributed by atoms with Crippen LogP contribution in [0.25, 0.3) is 0 Å². The van der Waals surface area contributed by atoms with Crippen molar-refractivity contribution in [2.24, 2.45) is 4.99 Å². The summed E-state index contributed by atoms with van der Waals surface area (Å²) in [6, 6.07) is 10.2. The lowest BCUT2D eigenvalue weighted by Crippen LogP contribution is -2.36. The summed E-state index contributed by atoms with van der Waals surface area (Å²) in [7, 11) is 2.02. The van der Waals surface area contributed by atoms with E-state index in [4.69, 9.17) is 9.52 Å². The third-order valence-electron chi connectivity index (χ3n) is 4.03. The van der Waals surface area contributed by atoms with Crippen molar-refractivity contribution < 1.29 is 9.52 Å². The summed E-state index contributed by atoms with van der Waals surface area (Å²) in [6.07, 6.45) is 1.72. The summed E-state index contributed by atoms with van der Waals surface area (Å²) in [6.45, 7) is 3.54. The SMILES string of the molecule is Cc1occc1CN(C)C1=NCC(c2ccc(CO)cc2)N1. The summed E-state index contributed by atoms with van der Waals surface area (Å²) in [5, 5.41) is 12.6. The lowest BCUT2D eigenvalue weighted by molar-refractivity contribution is 0.282. The van der Waals surface area contributed by atoms with Gasteiger partial charge in [0.25, 0.3) is 0 Å². The van der Waals surface area contributed by atoms with Gasteiger partial charge in [-0.3, -0.25) is 4.99 Å². The minimum absolute atomic E-state index is 0.0763. The molecule has 3 rings (SSSR count). The van der Waals surface area contributed by atoms with Gasteiger partial charge in [0.1, 0.15) is 5.76 Å². The molecular formula is C17H21N3O2. The van der Waals surface area contributed by atoms with Crippen LogP contribution in [0.15, 0.2) is 46.0 Å². The van der Waals surface area contributed by atoms with Crippen LogP contribution < -0.4 is 5.32 Å². The van der Waals surface area contributed by atoms with Crippen molar-refractivity contribution in [1.82, 2.24) is 10.2 Å². The maximum absolute atomic E-state index is 9.10. The molecule has 1 atom stereocenters. The number of aliphatic hydroxyl groups excluding tert-OH is 1. The number of nitrogens with zero attached hydrogens (tertiary/aromatic N) is 2. The molecular weight excluding hydrogens is 278 g/mol. The Morgan fingerprint density at radius 1 is 1.32 bits per heavy atom. The highest BCUT2D eigenvalue weighted by Crippen LogP contribution is 2.20. The zero-order chi connectivity index (χ0) is 15.5. The minimum Gasteiger partial charge on any atom is -0.469 e. The molecule has 116 valence electrons. The Morgan fingerprint density at radius 3 is 2.73 bits per heavy atom. The lowest BCUT2D eigenvalue weighted by Gasteiger charge is -2.21. The predicted octanol–water partition coefficient (Wildman–Crippen LogP) is 2.21. The number of hydrogen-bond acceptors (Lipinski definition) is 5. The zero-order valence-electron chi connectivity index (χ0n) is 12.9. The van der Waals surface area contributed by atoms with Gasteiger partial charge in [0.15, 0.2) is 5.96 Å². The smallest absolute Gasteiger partial charge is 0.194 e. The van der Waals surface area contributed by atoms with Crippen molar-refractivity contribution >= 4 is 5.96 Å². The van der Waals surface area contributed by atoms with E-state index in [1.54, 1.807) is 6.26 Å². The number of rotatable bonds is 4. The van der Waals surface area contributed by atoms with Gasteiger partial charge < -0.3 is 19.7 Å². The molecule has 2 aromatic rings. The second kappa shape index (κ2) is 6.23. The van der Waals surface area contributed by atoms with E-state index in [2.05, 4.69) is 15.2 Å². The highest BCUT2D eigenvalue weighted by molar-refractivity contribution is 5.82. The Labute approximate surface area is 130 Å². The van der Waals surface area contributed by atoms with Crippen molar-refractivity contribution in [3.05, 3.63) is 59.0 Å². The number of guanidine groups is 1. The van der Waals surface area contributed by atoms with Crippen LogP contribution in [0.4, 0.5) is 0 Å². The number of aliphatic imine (C=N–C) groups is 1. The van der Waals surface area contributed by atoms with Gasteiger partial charge in [0, 0.05) is 19.2 Å². The Balaban J connectivity index is 1.62. The van der Waals surface area contributed by atoms with Gasteiger partial charge >= 0.3 is 0 Å². The maximum atomic E-state index is 9.10. The van der Waals surface area contributed by atoms with Crippen LogP contribution in [0.5, 0.6) is 0 Å². The molecule has 1 aliphatic heterocycles. The zero-order valence-corrected chi connectivity index (χ0v) is 12.9. The monoisotopic (exact) mass is 299 g/mol.